The molecule has 0 unspecified atom stereocenters. The molecule has 4 heteroatoms. The lowest BCUT2D eigenvalue weighted by Crippen LogP contribution is -2.01. The molecule has 3 nitrogen and oxygen atoms in total. The fourth-order valence-corrected chi connectivity index (χ4v) is 9.10. The van der Waals surface area contributed by atoms with E-state index in [0.29, 0.717) is 17.5 Å². The van der Waals surface area contributed by atoms with E-state index in [4.69, 9.17) is 15.0 Å². The van der Waals surface area contributed by atoms with Crippen molar-refractivity contribution in [3.8, 4) is 45.3 Å². The van der Waals surface area contributed by atoms with E-state index >= 15 is 0 Å². The maximum atomic E-state index is 5.25. The summed E-state index contributed by atoms with van der Waals surface area (Å²) in [7, 11) is 0. The normalized spacial score (nSPS) is 11.8. The summed E-state index contributed by atoms with van der Waals surface area (Å²) in [4.78, 5) is 15.5. The summed E-state index contributed by atoms with van der Waals surface area (Å²) in [5, 5.41) is 12.3. The quantitative estimate of drug-likeness (QED) is 0.172. The van der Waals surface area contributed by atoms with E-state index in [1.165, 1.54) is 63.4 Å². The van der Waals surface area contributed by atoms with Crippen LogP contribution in [0.25, 0.3) is 109 Å². The molecule has 53 heavy (non-hydrogen) atoms. The summed E-state index contributed by atoms with van der Waals surface area (Å²) < 4.78 is 2.62. The van der Waals surface area contributed by atoms with E-state index in [-0.39, 0.29) is 0 Å². The van der Waals surface area contributed by atoms with Crippen LogP contribution in [0.1, 0.15) is 0 Å². The Labute approximate surface area is 309 Å². The molecule has 11 rings (SSSR count). The number of thiophene rings is 1. The first-order chi connectivity index (χ1) is 26.3. The Morgan fingerprint density at radius 3 is 1.47 bits per heavy atom. The van der Waals surface area contributed by atoms with Gasteiger partial charge in [0.1, 0.15) is 0 Å². The Hall–Kier alpha value is -6.75. The maximum Gasteiger partial charge on any atom is 0.164 e. The minimum absolute atomic E-state index is 0.646. The molecule has 0 aliphatic rings. The van der Waals surface area contributed by atoms with E-state index in [2.05, 4.69) is 158 Å². The van der Waals surface area contributed by atoms with Gasteiger partial charge in [-0.3, -0.25) is 0 Å². The van der Waals surface area contributed by atoms with Crippen molar-refractivity contribution in [1.29, 1.82) is 0 Å². The molecule has 0 N–H and O–H groups in total. The first-order valence-electron chi connectivity index (χ1n) is 17.9. The lowest BCUT2D eigenvalue weighted by Gasteiger charge is -2.16. The Morgan fingerprint density at radius 2 is 0.755 bits per heavy atom. The van der Waals surface area contributed by atoms with Crippen molar-refractivity contribution in [2.75, 3.05) is 0 Å². The topological polar surface area (TPSA) is 38.7 Å². The molecule has 0 saturated carbocycles. The third kappa shape index (κ3) is 4.84. The zero-order chi connectivity index (χ0) is 34.9. The van der Waals surface area contributed by atoms with Crippen molar-refractivity contribution in [1.82, 2.24) is 15.0 Å². The number of hydrogen-bond donors (Lipinski definition) is 0. The van der Waals surface area contributed by atoms with Crippen molar-refractivity contribution in [2.45, 2.75) is 0 Å². The van der Waals surface area contributed by atoms with Crippen LogP contribution in [0.2, 0.25) is 0 Å². The van der Waals surface area contributed by atoms with Crippen LogP contribution in [0, 0.1) is 0 Å². The first-order valence-corrected chi connectivity index (χ1v) is 18.7. The van der Waals surface area contributed by atoms with Crippen LogP contribution < -0.4 is 0 Å². The van der Waals surface area contributed by atoms with Crippen molar-refractivity contribution < 1.29 is 0 Å². The molecule has 0 aliphatic heterocycles. The van der Waals surface area contributed by atoms with Crippen molar-refractivity contribution in [3.05, 3.63) is 176 Å². The fraction of sp³-hybridized carbons (Fsp3) is 0. The Bertz CT molecular complexity index is 3220. The predicted octanol–water partition coefficient (Wildman–Crippen LogP) is 13.5. The molecule has 0 radical (unpaired) electrons. The zero-order valence-electron chi connectivity index (χ0n) is 28.5. The Balaban J connectivity index is 1.11. The summed E-state index contributed by atoms with van der Waals surface area (Å²) in [6.45, 7) is 0. The zero-order valence-corrected chi connectivity index (χ0v) is 29.3. The molecule has 0 aliphatic carbocycles. The first kappa shape index (κ1) is 29.9. The third-order valence-electron chi connectivity index (χ3n) is 10.5. The van der Waals surface area contributed by atoms with Crippen LogP contribution in [0.3, 0.4) is 0 Å². The van der Waals surface area contributed by atoms with Crippen LogP contribution in [-0.4, -0.2) is 15.0 Å². The molecule has 0 spiro atoms. The minimum Gasteiger partial charge on any atom is -0.208 e. The number of hydrogen-bond acceptors (Lipinski definition) is 4. The standard InChI is InChI=1S/C49H29N3S/c1-2-12-31(13-3-1)47-50-48(32-24-22-30(23-25-32)33-26-27-45-41(28-33)38-18-10-11-21-44(38)53-45)52-49(51-47)43-29-42-36-16-5-4-14-34(36)35-15-6-8-19-39(35)46(42)40-20-9-7-17-37(40)43/h1-29H. The molecule has 0 atom stereocenters. The number of nitrogens with zero attached hydrogens (tertiary/aromatic N) is 3. The van der Waals surface area contributed by atoms with Crippen LogP contribution >= 0.6 is 11.3 Å². The monoisotopic (exact) mass is 691 g/mol. The van der Waals surface area contributed by atoms with Gasteiger partial charge in [-0.15, -0.1) is 11.3 Å². The van der Waals surface area contributed by atoms with Gasteiger partial charge in [0.05, 0.1) is 0 Å². The maximum absolute atomic E-state index is 5.25. The van der Waals surface area contributed by atoms with Gasteiger partial charge in [0, 0.05) is 36.9 Å². The van der Waals surface area contributed by atoms with Gasteiger partial charge in [-0.25, -0.2) is 15.0 Å². The summed E-state index contributed by atoms with van der Waals surface area (Å²) in [6, 6.07) is 62.7. The Morgan fingerprint density at radius 1 is 0.283 bits per heavy atom. The van der Waals surface area contributed by atoms with Gasteiger partial charge in [0.2, 0.25) is 0 Å². The minimum atomic E-state index is 0.646. The molecular formula is C49H29N3S. The van der Waals surface area contributed by atoms with Gasteiger partial charge in [0.25, 0.3) is 0 Å². The highest BCUT2D eigenvalue weighted by molar-refractivity contribution is 7.25. The van der Waals surface area contributed by atoms with Gasteiger partial charge in [-0.1, -0.05) is 152 Å². The molecule has 2 heterocycles. The van der Waals surface area contributed by atoms with Crippen molar-refractivity contribution in [2.24, 2.45) is 0 Å². The van der Waals surface area contributed by atoms with E-state index in [1.54, 1.807) is 0 Å². The average Bonchev–Trinajstić information content (AvgIpc) is 3.61. The third-order valence-corrected chi connectivity index (χ3v) is 11.7. The van der Waals surface area contributed by atoms with Crippen molar-refractivity contribution in [3.63, 3.8) is 0 Å². The van der Waals surface area contributed by atoms with Crippen LogP contribution in [0.5, 0.6) is 0 Å². The molecular weight excluding hydrogens is 663 g/mol. The van der Waals surface area contributed by atoms with Gasteiger partial charge in [-0.05, 0) is 78.5 Å². The second kappa shape index (κ2) is 11.9. The molecule has 2 aromatic heterocycles. The highest BCUT2D eigenvalue weighted by Gasteiger charge is 2.19. The Kier molecular flexibility index (Phi) is 6.73. The molecule has 246 valence electrons. The van der Waals surface area contributed by atoms with Crippen LogP contribution in [0.15, 0.2) is 176 Å². The van der Waals surface area contributed by atoms with Gasteiger partial charge in [-0.2, -0.15) is 0 Å². The summed E-state index contributed by atoms with van der Waals surface area (Å²) >= 11 is 1.84. The van der Waals surface area contributed by atoms with E-state index in [9.17, 15) is 0 Å². The highest BCUT2D eigenvalue weighted by Crippen LogP contribution is 2.43. The lowest BCUT2D eigenvalue weighted by molar-refractivity contribution is 1.08. The largest absolute Gasteiger partial charge is 0.208 e. The summed E-state index contributed by atoms with van der Waals surface area (Å²) in [6.07, 6.45) is 0. The number of rotatable bonds is 4. The van der Waals surface area contributed by atoms with Gasteiger partial charge in [0.15, 0.2) is 17.5 Å². The molecule has 0 fully saturated rings. The lowest BCUT2D eigenvalue weighted by atomic mass is 9.89. The second-order valence-electron chi connectivity index (χ2n) is 13.5. The smallest absolute Gasteiger partial charge is 0.164 e. The summed E-state index contributed by atoms with van der Waals surface area (Å²) in [5.74, 6) is 1.95. The fourth-order valence-electron chi connectivity index (χ4n) is 8.01. The van der Waals surface area contributed by atoms with Gasteiger partial charge >= 0.3 is 0 Å². The number of fused-ring (bicyclic) bond motifs is 11. The molecule has 0 saturated heterocycles. The van der Waals surface area contributed by atoms with Crippen molar-refractivity contribution >= 4 is 74.6 Å². The molecule has 0 bridgehead atoms. The molecule has 0 amide bonds. The second-order valence-corrected chi connectivity index (χ2v) is 14.6. The van der Waals surface area contributed by atoms with Gasteiger partial charge < -0.3 is 0 Å². The SMILES string of the molecule is c1ccc(-c2nc(-c3ccc(-c4ccc5sc6ccccc6c5c4)cc3)nc(-c3cc4c5ccccc5c5ccccc5c4c4ccccc34)n2)cc1. The predicted molar refractivity (Wildman–Crippen MR) is 224 cm³/mol. The molecule has 9 aromatic carbocycles. The van der Waals surface area contributed by atoms with E-state index < -0.39 is 0 Å². The highest BCUT2D eigenvalue weighted by atomic mass is 32.1. The van der Waals surface area contributed by atoms with Crippen LogP contribution in [0.4, 0.5) is 0 Å². The van der Waals surface area contributed by atoms with Crippen LogP contribution in [-0.2, 0) is 0 Å². The number of benzene rings is 9. The average molecular weight is 692 g/mol. The van der Waals surface area contributed by atoms with E-state index in [0.717, 1.165) is 27.6 Å². The summed E-state index contributed by atoms with van der Waals surface area (Å²) in [5.41, 5.74) is 5.23. The number of aromatic nitrogens is 3. The van der Waals surface area contributed by atoms with E-state index in [1.807, 2.05) is 29.5 Å². The molecule has 11 aromatic rings.